The van der Waals surface area contributed by atoms with Crippen molar-refractivity contribution in [2.24, 2.45) is 22.7 Å². The number of aromatic nitrogens is 2. The molecule has 1 aromatic heterocycles. The van der Waals surface area contributed by atoms with E-state index in [1.54, 1.807) is 0 Å². The van der Waals surface area contributed by atoms with Gasteiger partial charge in [0.1, 0.15) is 0 Å². The van der Waals surface area contributed by atoms with Crippen LogP contribution in [-0.4, -0.2) is 30.1 Å². The van der Waals surface area contributed by atoms with E-state index in [4.69, 9.17) is 0 Å². The lowest BCUT2D eigenvalue weighted by atomic mass is 9.58. The molecule has 1 aliphatic heterocycles. The fourth-order valence-electron chi connectivity index (χ4n) is 5.40. The number of H-pyrrole nitrogens is 1. The van der Waals surface area contributed by atoms with Crippen LogP contribution in [0.1, 0.15) is 70.8 Å². The molecule has 0 spiro atoms. The van der Waals surface area contributed by atoms with Crippen LogP contribution in [0.4, 0.5) is 11.5 Å². The molecule has 0 unspecified atom stereocenters. The van der Waals surface area contributed by atoms with E-state index in [2.05, 4.69) is 93.1 Å². The molecule has 5 nitrogen and oxygen atoms in total. The maximum absolute atomic E-state index is 14.1. The van der Waals surface area contributed by atoms with Gasteiger partial charge in [-0.1, -0.05) is 53.7 Å². The van der Waals surface area contributed by atoms with Gasteiger partial charge in [-0.05, 0) is 53.4 Å². The first-order valence-corrected chi connectivity index (χ1v) is 11.7. The summed E-state index contributed by atoms with van der Waals surface area (Å²) in [6.07, 6.45) is 0.876. The van der Waals surface area contributed by atoms with Crippen LogP contribution in [0.15, 0.2) is 29.8 Å². The number of aryl methyl sites for hydroxylation is 1. The number of ketones is 1. The van der Waals surface area contributed by atoms with Crippen molar-refractivity contribution in [3.63, 3.8) is 0 Å². The van der Waals surface area contributed by atoms with E-state index in [1.807, 2.05) is 14.1 Å². The number of benzene rings is 1. The number of nitrogens with zero attached hydrogens (tertiary/aromatic N) is 2. The smallest absolute Gasteiger partial charge is 0.165 e. The number of carbonyl (C=O) groups excluding carboxylic acids is 1. The Morgan fingerprint density at radius 2 is 1.53 bits per heavy atom. The highest BCUT2D eigenvalue weighted by atomic mass is 16.1. The number of anilines is 2. The Hall–Kier alpha value is -2.56. The van der Waals surface area contributed by atoms with Crippen molar-refractivity contribution >= 4 is 22.9 Å². The standard InChI is InChI=1S/C27H38N4O/c1-15-20-21-18(26(2,3)4)14-19(27(5,6)7)24(32)22(21)23(28-25(20)30-29-15)16-10-12-17(13-11-16)31(8)9/h10-13,18-19,23H,14H2,1-9H3,(H2,28,29,30)/t18-,19+,23-/m1/s1. The molecule has 2 N–H and O–H groups in total. The van der Waals surface area contributed by atoms with Crippen LogP contribution < -0.4 is 10.2 Å². The lowest BCUT2D eigenvalue weighted by molar-refractivity contribution is -0.124. The lowest BCUT2D eigenvalue weighted by Crippen LogP contribution is -2.43. The Kier molecular flexibility index (Phi) is 5.30. The first kappa shape index (κ1) is 22.6. The van der Waals surface area contributed by atoms with Crippen molar-refractivity contribution in [3.8, 4) is 0 Å². The molecule has 3 atom stereocenters. The summed E-state index contributed by atoms with van der Waals surface area (Å²) < 4.78 is 0. The molecule has 2 aliphatic rings. The van der Waals surface area contributed by atoms with E-state index in [0.29, 0.717) is 0 Å². The zero-order valence-corrected chi connectivity index (χ0v) is 21.1. The van der Waals surface area contributed by atoms with E-state index in [-0.39, 0.29) is 34.5 Å². The van der Waals surface area contributed by atoms with E-state index in [9.17, 15) is 4.79 Å². The minimum Gasteiger partial charge on any atom is -0.378 e. The molecule has 4 rings (SSSR count). The molecule has 0 saturated carbocycles. The average molecular weight is 435 g/mol. The van der Waals surface area contributed by atoms with E-state index in [1.165, 1.54) is 5.57 Å². The van der Waals surface area contributed by atoms with Crippen molar-refractivity contribution in [3.05, 3.63) is 46.7 Å². The van der Waals surface area contributed by atoms with Crippen LogP contribution >= 0.6 is 0 Å². The van der Waals surface area contributed by atoms with Crippen molar-refractivity contribution < 1.29 is 4.79 Å². The Morgan fingerprint density at radius 1 is 0.938 bits per heavy atom. The van der Waals surface area contributed by atoms with E-state index in [0.717, 1.165) is 40.3 Å². The minimum absolute atomic E-state index is 0.00965. The molecule has 1 aliphatic carbocycles. The monoisotopic (exact) mass is 434 g/mol. The number of carbonyl (C=O) groups is 1. The number of fused-ring (bicyclic) bond motifs is 2. The normalized spacial score (nSPS) is 23.5. The first-order chi connectivity index (χ1) is 14.8. The van der Waals surface area contributed by atoms with Gasteiger partial charge in [-0.25, -0.2) is 0 Å². The summed E-state index contributed by atoms with van der Waals surface area (Å²) in [5.74, 6) is 1.41. The number of aromatic amines is 1. The van der Waals surface area contributed by atoms with Crippen LogP contribution in [0.5, 0.6) is 0 Å². The summed E-state index contributed by atoms with van der Waals surface area (Å²) >= 11 is 0. The Bertz CT molecular complexity index is 1060. The number of hydrogen-bond donors (Lipinski definition) is 2. The second-order valence-corrected chi connectivity index (χ2v) is 11.9. The quantitative estimate of drug-likeness (QED) is 0.608. The van der Waals surface area contributed by atoms with E-state index < -0.39 is 0 Å². The molecule has 2 aromatic rings. The summed E-state index contributed by atoms with van der Waals surface area (Å²) in [5, 5.41) is 11.4. The van der Waals surface area contributed by atoms with Crippen LogP contribution in [0.3, 0.4) is 0 Å². The summed E-state index contributed by atoms with van der Waals surface area (Å²) in [4.78, 5) is 16.2. The number of allylic oxidation sites excluding steroid dienone is 1. The predicted octanol–water partition coefficient (Wildman–Crippen LogP) is 6.00. The SMILES string of the molecule is Cc1[nH]nc2c1C1=C(C(=O)[C@@H](C(C)(C)C)C[C@H]1C(C)(C)C)[C@@H](c1ccc(N(C)C)cc1)N2. The molecule has 32 heavy (non-hydrogen) atoms. The van der Waals surface area contributed by atoms with Crippen LogP contribution in [0.25, 0.3) is 5.57 Å². The molecule has 0 radical (unpaired) electrons. The molecule has 172 valence electrons. The molecule has 0 saturated heterocycles. The zero-order valence-electron chi connectivity index (χ0n) is 21.1. The molecule has 5 heteroatoms. The van der Waals surface area contributed by atoms with Crippen molar-refractivity contribution in [2.45, 2.75) is 60.9 Å². The highest BCUT2D eigenvalue weighted by Gasteiger charge is 2.49. The predicted molar refractivity (Wildman–Crippen MR) is 133 cm³/mol. The maximum atomic E-state index is 14.1. The van der Waals surface area contributed by atoms with Gasteiger partial charge in [0.05, 0.1) is 6.04 Å². The topological polar surface area (TPSA) is 61.0 Å². The molecule has 1 aromatic carbocycles. The number of hydrogen-bond acceptors (Lipinski definition) is 4. The molecule has 0 bridgehead atoms. The largest absolute Gasteiger partial charge is 0.378 e. The van der Waals surface area contributed by atoms with Crippen molar-refractivity contribution in [2.75, 3.05) is 24.3 Å². The van der Waals surface area contributed by atoms with Crippen LogP contribution in [0.2, 0.25) is 0 Å². The van der Waals surface area contributed by atoms with Gasteiger partial charge in [0.2, 0.25) is 0 Å². The first-order valence-electron chi connectivity index (χ1n) is 11.7. The number of Topliss-reactive ketones (excluding diaryl/α,β-unsaturated/α-hetero) is 1. The second kappa shape index (κ2) is 7.50. The van der Waals surface area contributed by atoms with Gasteiger partial charge in [0.15, 0.2) is 11.6 Å². The van der Waals surface area contributed by atoms with Crippen LogP contribution in [-0.2, 0) is 4.79 Å². The number of rotatable bonds is 2. The Morgan fingerprint density at radius 3 is 2.06 bits per heavy atom. The molecule has 0 fully saturated rings. The van der Waals surface area contributed by atoms with Gasteiger partial charge in [0.25, 0.3) is 0 Å². The third kappa shape index (κ3) is 3.66. The highest BCUT2D eigenvalue weighted by molar-refractivity contribution is 6.10. The summed E-state index contributed by atoms with van der Waals surface area (Å²) in [7, 11) is 4.08. The summed E-state index contributed by atoms with van der Waals surface area (Å²) in [6, 6.07) is 8.33. The van der Waals surface area contributed by atoms with Crippen molar-refractivity contribution in [1.82, 2.24) is 10.2 Å². The Balaban J connectivity index is 1.97. The van der Waals surface area contributed by atoms with Gasteiger partial charge >= 0.3 is 0 Å². The van der Waals surface area contributed by atoms with Gasteiger partial charge in [-0.3, -0.25) is 9.89 Å². The number of nitrogens with one attached hydrogen (secondary N) is 2. The van der Waals surface area contributed by atoms with Gasteiger partial charge in [0, 0.05) is 42.5 Å². The second-order valence-electron chi connectivity index (χ2n) is 11.9. The molecular formula is C27H38N4O. The average Bonchev–Trinajstić information content (AvgIpc) is 3.06. The fourth-order valence-corrected chi connectivity index (χ4v) is 5.40. The molecule has 0 amide bonds. The van der Waals surface area contributed by atoms with Gasteiger partial charge in [-0.15, -0.1) is 0 Å². The summed E-state index contributed by atoms with van der Waals surface area (Å²) in [6.45, 7) is 15.6. The lowest BCUT2D eigenvalue weighted by Gasteiger charge is -2.47. The third-order valence-corrected chi connectivity index (χ3v) is 7.31. The highest BCUT2D eigenvalue weighted by Crippen LogP contribution is 2.56. The maximum Gasteiger partial charge on any atom is 0.165 e. The summed E-state index contributed by atoms with van der Waals surface area (Å²) in [5.41, 5.74) is 6.44. The minimum atomic E-state index is -0.195. The van der Waals surface area contributed by atoms with Crippen molar-refractivity contribution in [1.29, 1.82) is 0 Å². The third-order valence-electron chi connectivity index (χ3n) is 7.31. The molecular weight excluding hydrogens is 396 g/mol. The molecule has 2 heterocycles. The van der Waals surface area contributed by atoms with E-state index >= 15 is 0 Å². The van der Waals surface area contributed by atoms with Gasteiger partial charge in [-0.2, -0.15) is 5.10 Å². The Labute approximate surface area is 192 Å². The van der Waals surface area contributed by atoms with Crippen LogP contribution in [0, 0.1) is 29.6 Å². The van der Waals surface area contributed by atoms with Gasteiger partial charge < -0.3 is 10.2 Å². The fraction of sp³-hybridized carbons (Fsp3) is 0.556. The zero-order chi connectivity index (χ0) is 23.6.